The number of carbonyl (C=O) groups is 2. The van der Waals surface area contributed by atoms with Gasteiger partial charge < -0.3 is 15.1 Å². The molecule has 2 amide bonds. The molecule has 34 heavy (non-hydrogen) atoms. The molecule has 1 fully saturated rings. The first-order chi connectivity index (χ1) is 16.4. The number of aryl methyl sites for hydroxylation is 1. The Balaban J connectivity index is 1.29. The van der Waals surface area contributed by atoms with Crippen molar-refractivity contribution < 1.29 is 9.59 Å². The summed E-state index contributed by atoms with van der Waals surface area (Å²) in [7, 11) is 0. The molecule has 0 unspecified atom stereocenters. The van der Waals surface area contributed by atoms with Crippen LogP contribution >= 0.6 is 34.8 Å². The number of nitrogens with one attached hydrogen (secondary N) is 2. The summed E-state index contributed by atoms with van der Waals surface area (Å²) in [6, 6.07) is 23.0. The summed E-state index contributed by atoms with van der Waals surface area (Å²) in [5.74, 6) is -0.149. The van der Waals surface area contributed by atoms with Gasteiger partial charge in [-0.1, -0.05) is 24.3 Å². The molecule has 4 rings (SSSR count). The van der Waals surface area contributed by atoms with E-state index in [1.54, 1.807) is 6.07 Å². The molecule has 1 heterocycles. The predicted octanol–water partition coefficient (Wildman–Crippen LogP) is 4.69. The van der Waals surface area contributed by atoms with Crippen LogP contribution in [-0.2, 0) is 0 Å². The number of anilines is 2. The van der Waals surface area contributed by atoms with E-state index in [4.69, 9.17) is 12.2 Å². The summed E-state index contributed by atoms with van der Waals surface area (Å²) in [5, 5.41) is 6.02. The Hall–Kier alpha value is -2.98. The van der Waals surface area contributed by atoms with E-state index in [2.05, 4.69) is 38.1 Å². The molecule has 0 aromatic heterocycles. The molecule has 0 atom stereocenters. The van der Waals surface area contributed by atoms with Crippen molar-refractivity contribution in [3.05, 3.63) is 93.1 Å². The topological polar surface area (TPSA) is 64.7 Å². The average Bonchev–Trinajstić information content (AvgIpc) is 2.84. The van der Waals surface area contributed by atoms with Gasteiger partial charge in [0, 0.05) is 52.3 Å². The number of hydrogen-bond donors (Lipinski definition) is 2. The molecule has 2 N–H and O–H groups in total. The summed E-state index contributed by atoms with van der Waals surface area (Å²) in [4.78, 5) is 29.4. The van der Waals surface area contributed by atoms with Crippen LogP contribution in [0.15, 0.2) is 72.8 Å². The van der Waals surface area contributed by atoms with E-state index >= 15 is 0 Å². The van der Waals surface area contributed by atoms with Crippen molar-refractivity contribution in [1.82, 2.24) is 10.2 Å². The van der Waals surface area contributed by atoms with Crippen LogP contribution in [-0.4, -0.2) is 48.0 Å². The molecule has 0 spiro atoms. The van der Waals surface area contributed by atoms with Gasteiger partial charge in [-0.3, -0.25) is 14.9 Å². The van der Waals surface area contributed by atoms with Crippen molar-refractivity contribution in [1.29, 1.82) is 0 Å². The number of halogens is 1. The third-order valence-corrected chi connectivity index (χ3v) is 6.62. The maximum Gasteiger partial charge on any atom is 0.257 e. The molecule has 3 aromatic rings. The van der Waals surface area contributed by atoms with Crippen LogP contribution in [0.3, 0.4) is 0 Å². The van der Waals surface area contributed by atoms with Crippen LogP contribution in [0.2, 0.25) is 0 Å². The monoisotopic (exact) mass is 584 g/mol. The van der Waals surface area contributed by atoms with Crippen molar-refractivity contribution in [3.63, 3.8) is 0 Å². The lowest BCUT2D eigenvalue weighted by Crippen LogP contribution is -2.48. The molecule has 1 saturated heterocycles. The number of nitrogens with zero attached hydrogens (tertiary/aromatic N) is 2. The predicted molar refractivity (Wildman–Crippen MR) is 149 cm³/mol. The lowest BCUT2D eigenvalue weighted by Gasteiger charge is -2.36. The molecule has 174 valence electrons. The summed E-state index contributed by atoms with van der Waals surface area (Å²) >= 11 is 7.47. The van der Waals surface area contributed by atoms with E-state index < -0.39 is 0 Å². The van der Waals surface area contributed by atoms with E-state index in [0.29, 0.717) is 18.7 Å². The van der Waals surface area contributed by atoms with Crippen LogP contribution in [0.1, 0.15) is 26.3 Å². The Morgan fingerprint density at radius 3 is 2.29 bits per heavy atom. The first-order valence-corrected chi connectivity index (χ1v) is 12.5. The molecule has 6 nitrogen and oxygen atoms in total. The fourth-order valence-corrected chi connectivity index (χ4v) is 4.63. The highest BCUT2D eigenvalue weighted by molar-refractivity contribution is 14.1. The maximum absolute atomic E-state index is 12.9. The van der Waals surface area contributed by atoms with Crippen molar-refractivity contribution in [2.75, 3.05) is 36.4 Å². The van der Waals surface area contributed by atoms with E-state index in [1.807, 2.05) is 78.6 Å². The van der Waals surface area contributed by atoms with Gasteiger partial charge >= 0.3 is 0 Å². The zero-order valence-corrected chi connectivity index (χ0v) is 21.7. The molecule has 0 aliphatic carbocycles. The van der Waals surface area contributed by atoms with Gasteiger partial charge in [0.2, 0.25) is 0 Å². The minimum absolute atomic E-state index is 0.0954. The number of amides is 2. The fraction of sp³-hybridized carbons (Fsp3) is 0.192. The maximum atomic E-state index is 12.9. The Morgan fingerprint density at radius 1 is 0.912 bits per heavy atom. The molecular weight excluding hydrogens is 559 g/mol. The number of rotatable bonds is 4. The SMILES string of the molecule is Cc1ccccc1C(=O)N1CCN(c2ccc(NC(=S)NC(=O)c3cccc(I)c3)cc2)CC1. The first-order valence-electron chi connectivity index (χ1n) is 11.0. The molecule has 1 aliphatic rings. The van der Waals surface area contributed by atoms with Gasteiger partial charge in [-0.25, -0.2) is 0 Å². The van der Waals surface area contributed by atoms with Crippen molar-refractivity contribution in [2.24, 2.45) is 0 Å². The van der Waals surface area contributed by atoms with Crippen LogP contribution in [0, 0.1) is 10.5 Å². The van der Waals surface area contributed by atoms with Gasteiger partial charge in [0.05, 0.1) is 0 Å². The smallest absolute Gasteiger partial charge is 0.257 e. The van der Waals surface area contributed by atoms with Gasteiger partial charge in [-0.2, -0.15) is 0 Å². The highest BCUT2D eigenvalue weighted by Crippen LogP contribution is 2.21. The molecule has 8 heteroatoms. The van der Waals surface area contributed by atoms with Crippen LogP contribution < -0.4 is 15.5 Å². The molecular formula is C26H25IN4O2S. The van der Waals surface area contributed by atoms with Gasteiger partial charge in [0.15, 0.2) is 5.11 Å². The van der Waals surface area contributed by atoms with Crippen molar-refractivity contribution in [3.8, 4) is 0 Å². The van der Waals surface area contributed by atoms with Gasteiger partial charge in [-0.05, 0) is 95.8 Å². The average molecular weight is 584 g/mol. The van der Waals surface area contributed by atoms with Crippen molar-refractivity contribution >= 4 is 63.1 Å². The van der Waals surface area contributed by atoms with E-state index in [1.165, 1.54) is 0 Å². The number of benzene rings is 3. The summed E-state index contributed by atoms with van der Waals surface area (Å²) in [6.45, 7) is 4.88. The summed E-state index contributed by atoms with van der Waals surface area (Å²) in [6.07, 6.45) is 0. The largest absolute Gasteiger partial charge is 0.368 e. The highest BCUT2D eigenvalue weighted by Gasteiger charge is 2.23. The number of thiocarbonyl (C=S) groups is 1. The zero-order chi connectivity index (χ0) is 24.1. The lowest BCUT2D eigenvalue weighted by molar-refractivity contribution is 0.0746. The summed E-state index contributed by atoms with van der Waals surface area (Å²) < 4.78 is 0.986. The zero-order valence-electron chi connectivity index (χ0n) is 18.8. The Morgan fingerprint density at radius 2 is 1.62 bits per heavy atom. The Kier molecular flexibility index (Phi) is 7.79. The van der Waals surface area contributed by atoms with Gasteiger partial charge in [0.25, 0.3) is 11.8 Å². The Labute approximate surface area is 218 Å². The lowest BCUT2D eigenvalue weighted by atomic mass is 10.1. The van der Waals surface area contributed by atoms with Crippen LogP contribution in [0.4, 0.5) is 11.4 Å². The van der Waals surface area contributed by atoms with Crippen LogP contribution in [0.25, 0.3) is 0 Å². The normalized spacial score (nSPS) is 13.4. The second-order valence-corrected chi connectivity index (χ2v) is 9.71. The number of hydrogen-bond acceptors (Lipinski definition) is 4. The first kappa shape index (κ1) is 24.2. The number of piperazine rings is 1. The van der Waals surface area contributed by atoms with Gasteiger partial charge in [0.1, 0.15) is 0 Å². The standard InChI is InChI=1S/C26H25IN4O2S/c1-18-5-2-3-8-23(18)25(33)31-15-13-30(14-16-31)22-11-9-21(10-12-22)28-26(34)29-24(32)19-6-4-7-20(27)17-19/h2-12,17H,13-16H2,1H3,(H2,28,29,32,34). The molecule has 0 bridgehead atoms. The minimum Gasteiger partial charge on any atom is -0.368 e. The third-order valence-electron chi connectivity index (χ3n) is 5.75. The van der Waals surface area contributed by atoms with E-state index in [0.717, 1.165) is 39.2 Å². The Bertz CT molecular complexity index is 1210. The third kappa shape index (κ3) is 5.92. The van der Waals surface area contributed by atoms with Gasteiger partial charge in [-0.15, -0.1) is 0 Å². The molecule has 0 saturated carbocycles. The van der Waals surface area contributed by atoms with Crippen LogP contribution in [0.5, 0.6) is 0 Å². The molecule has 0 radical (unpaired) electrons. The van der Waals surface area contributed by atoms with E-state index in [9.17, 15) is 9.59 Å². The molecule has 3 aromatic carbocycles. The second-order valence-electron chi connectivity index (χ2n) is 8.06. The quantitative estimate of drug-likeness (QED) is 0.345. The van der Waals surface area contributed by atoms with Crippen molar-refractivity contribution in [2.45, 2.75) is 6.92 Å². The fourth-order valence-electron chi connectivity index (χ4n) is 3.87. The minimum atomic E-state index is -0.245. The second kappa shape index (κ2) is 11.0. The summed E-state index contributed by atoms with van der Waals surface area (Å²) in [5.41, 5.74) is 4.22. The molecule has 1 aliphatic heterocycles. The van der Waals surface area contributed by atoms with E-state index in [-0.39, 0.29) is 16.9 Å². The highest BCUT2D eigenvalue weighted by atomic mass is 127. The number of carbonyl (C=O) groups excluding carboxylic acids is 2.